The van der Waals surface area contributed by atoms with Crippen molar-refractivity contribution < 1.29 is 14.3 Å². The van der Waals surface area contributed by atoms with Gasteiger partial charge in [0.05, 0.1) is 6.26 Å². The molecule has 2 aromatic rings. The first-order valence-corrected chi connectivity index (χ1v) is 5.02. The maximum Gasteiger partial charge on any atom is 0.339 e. The van der Waals surface area contributed by atoms with Crippen molar-refractivity contribution in [1.29, 1.82) is 0 Å². The summed E-state index contributed by atoms with van der Waals surface area (Å²) < 4.78 is 5.09. The lowest BCUT2D eigenvalue weighted by Crippen LogP contribution is -2.04. The first-order valence-electron chi connectivity index (χ1n) is 4.64. The van der Waals surface area contributed by atoms with Crippen molar-refractivity contribution in [3.8, 4) is 0 Å². The highest BCUT2D eigenvalue weighted by molar-refractivity contribution is 6.30. The van der Waals surface area contributed by atoms with Crippen LogP contribution in [0.5, 0.6) is 0 Å². The zero-order chi connectivity index (χ0) is 12.4. The molecule has 0 unspecified atom stereocenters. The first-order chi connectivity index (χ1) is 8.09. The predicted octanol–water partition coefficient (Wildman–Crippen LogP) is 1.59. The molecule has 6 nitrogen and oxygen atoms in total. The zero-order valence-electron chi connectivity index (χ0n) is 8.55. The quantitative estimate of drug-likeness (QED) is 0.806. The molecule has 0 saturated heterocycles. The van der Waals surface area contributed by atoms with Gasteiger partial charge in [0.2, 0.25) is 0 Å². The summed E-state index contributed by atoms with van der Waals surface area (Å²) >= 11 is 5.86. The van der Waals surface area contributed by atoms with Crippen LogP contribution >= 0.6 is 11.6 Å². The Balaban J connectivity index is 2.38. The molecule has 0 aliphatic rings. The van der Waals surface area contributed by atoms with Gasteiger partial charge in [0.25, 0.3) is 0 Å². The molecule has 3 N–H and O–H groups in total. The van der Waals surface area contributed by atoms with Crippen molar-refractivity contribution in [2.45, 2.75) is 6.42 Å². The SMILES string of the molecule is Nc1ncnc(Cl)c1Cc1occc1C(=O)O. The molecule has 0 bridgehead atoms. The van der Waals surface area contributed by atoms with Crippen LogP contribution in [0.2, 0.25) is 5.15 Å². The number of nitrogens with zero attached hydrogens (tertiary/aromatic N) is 2. The molecular formula is C10H8ClN3O3. The first kappa shape index (κ1) is 11.4. The Hall–Kier alpha value is -2.08. The number of hydrogen-bond acceptors (Lipinski definition) is 5. The summed E-state index contributed by atoms with van der Waals surface area (Å²) in [6, 6.07) is 1.37. The summed E-state index contributed by atoms with van der Waals surface area (Å²) in [4.78, 5) is 18.5. The van der Waals surface area contributed by atoms with Gasteiger partial charge >= 0.3 is 5.97 Å². The number of nitrogens with two attached hydrogens (primary N) is 1. The Morgan fingerprint density at radius 3 is 2.94 bits per heavy atom. The zero-order valence-corrected chi connectivity index (χ0v) is 9.31. The minimum absolute atomic E-state index is 0.0734. The van der Waals surface area contributed by atoms with Gasteiger partial charge in [-0.15, -0.1) is 0 Å². The predicted molar refractivity (Wildman–Crippen MR) is 59.9 cm³/mol. The van der Waals surface area contributed by atoms with E-state index in [1.807, 2.05) is 0 Å². The van der Waals surface area contributed by atoms with Crippen LogP contribution in [0, 0.1) is 0 Å². The van der Waals surface area contributed by atoms with Crippen LogP contribution in [0.1, 0.15) is 21.7 Å². The van der Waals surface area contributed by atoms with E-state index in [2.05, 4.69) is 9.97 Å². The van der Waals surface area contributed by atoms with Crippen LogP contribution in [-0.4, -0.2) is 21.0 Å². The number of carboxylic acid groups (broad SMARTS) is 1. The third-order valence-electron chi connectivity index (χ3n) is 2.24. The summed E-state index contributed by atoms with van der Waals surface area (Å²) in [7, 11) is 0. The summed E-state index contributed by atoms with van der Waals surface area (Å²) in [5, 5.41) is 9.10. The monoisotopic (exact) mass is 253 g/mol. The Labute approximate surface area is 101 Å². The van der Waals surface area contributed by atoms with Gasteiger partial charge in [0, 0.05) is 12.0 Å². The van der Waals surface area contributed by atoms with Crippen molar-refractivity contribution in [2.24, 2.45) is 0 Å². The number of aromatic nitrogens is 2. The molecule has 0 radical (unpaired) electrons. The van der Waals surface area contributed by atoms with E-state index < -0.39 is 5.97 Å². The number of anilines is 1. The summed E-state index contributed by atoms with van der Waals surface area (Å²) in [5.74, 6) is -0.598. The van der Waals surface area contributed by atoms with E-state index >= 15 is 0 Å². The van der Waals surface area contributed by atoms with Crippen molar-refractivity contribution >= 4 is 23.4 Å². The van der Waals surface area contributed by atoms with E-state index in [0.717, 1.165) is 0 Å². The smallest absolute Gasteiger partial charge is 0.339 e. The molecule has 17 heavy (non-hydrogen) atoms. The van der Waals surface area contributed by atoms with E-state index in [9.17, 15) is 4.79 Å². The van der Waals surface area contributed by atoms with Gasteiger partial charge in [-0.25, -0.2) is 14.8 Å². The van der Waals surface area contributed by atoms with Gasteiger partial charge in [0.1, 0.15) is 28.6 Å². The Morgan fingerprint density at radius 1 is 1.53 bits per heavy atom. The Bertz CT molecular complexity index is 547. The van der Waals surface area contributed by atoms with Crippen molar-refractivity contribution in [1.82, 2.24) is 9.97 Å². The van der Waals surface area contributed by atoms with Crippen LogP contribution in [0.25, 0.3) is 0 Å². The maximum atomic E-state index is 10.9. The number of carboxylic acids is 1. The van der Waals surface area contributed by atoms with Crippen molar-refractivity contribution in [3.05, 3.63) is 40.7 Å². The summed E-state index contributed by atoms with van der Waals surface area (Å²) in [6.45, 7) is 0. The Morgan fingerprint density at radius 2 is 2.29 bits per heavy atom. The molecule has 0 amide bonds. The van der Waals surface area contributed by atoms with Gasteiger partial charge in [-0.1, -0.05) is 11.6 Å². The van der Waals surface area contributed by atoms with Crippen LogP contribution in [0.15, 0.2) is 23.1 Å². The molecule has 0 aliphatic heterocycles. The number of nitrogen functional groups attached to an aromatic ring is 1. The second-order valence-electron chi connectivity index (χ2n) is 3.27. The van der Waals surface area contributed by atoms with E-state index in [1.165, 1.54) is 18.7 Å². The number of hydrogen-bond donors (Lipinski definition) is 2. The molecular weight excluding hydrogens is 246 g/mol. The molecule has 2 heterocycles. The van der Waals surface area contributed by atoms with Gasteiger partial charge in [-0.2, -0.15) is 0 Å². The van der Waals surface area contributed by atoms with Crippen LogP contribution in [0.3, 0.4) is 0 Å². The summed E-state index contributed by atoms with van der Waals surface area (Å²) in [6.07, 6.45) is 2.67. The standard InChI is InChI=1S/C10H8ClN3O3/c11-8-6(9(12)14-4-13-8)3-7-5(10(15)16)1-2-17-7/h1-2,4H,3H2,(H,15,16)(H2,12,13,14). The molecule has 0 fully saturated rings. The number of aromatic carboxylic acids is 1. The molecule has 0 aliphatic carbocycles. The van der Waals surface area contributed by atoms with E-state index in [-0.39, 0.29) is 28.7 Å². The highest BCUT2D eigenvalue weighted by atomic mass is 35.5. The Kier molecular flexibility index (Phi) is 2.97. The lowest BCUT2D eigenvalue weighted by atomic mass is 10.1. The number of furan rings is 1. The van der Waals surface area contributed by atoms with Crippen molar-refractivity contribution in [2.75, 3.05) is 5.73 Å². The minimum atomic E-state index is -1.07. The summed E-state index contributed by atoms with van der Waals surface area (Å²) in [5.41, 5.74) is 6.16. The van der Waals surface area contributed by atoms with E-state index in [0.29, 0.717) is 5.56 Å². The average Bonchev–Trinajstić information content (AvgIpc) is 2.72. The second kappa shape index (κ2) is 4.42. The maximum absolute atomic E-state index is 10.9. The van der Waals surface area contributed by atoms with Gasteiger partial charge < -0.3 is 15.3 Å². The molecule has 2 rings (SSSR count). The fourth-order valence-corrected chi connectivity index (χ4v) is 1.60. The fraction of sp³-hybridized carbons (Fsp3) is 0.100. The fourth-order valence-electron chi connectivity index (χ4n) is 1.40. The highest BCUT2D eigenvalue weighted by Gasteiger charge is 2.17. The van der Waals surface area contributed by atoms with Crippen LogP contribution < -0.4 is 5.73 Å². The lowest BCUT2D eigenvalue weighted by molar-refractivity contribution is 0.0694. The average molecular weight is 254 g/mol. The van der Waals surface area contributed by atoms with E-state index in [4.69, 9.17) is 26.9 Å². The van der Waals surface area contributed by atoms with Crippen LogP contribution in [0.4, 0.5) is 5.82 Å². The molecule has 88 valence electrons. The largest absolute Gasteiger partial charge is 0.478 e. The third-order valence-corrected chi connectivity index (χ3v) is 2.56. The van der Waals surface area contributed by atoms with Crippen LogP contribution in [-0.2, 0) is 6.42 Å². The second-order valence-corrected chi connectivity index (χ2v) is 3.63. The third kappa shape index (κ3) is 2.21. The van der Waals surface area contributed by atoms with Gasteiger partial charge in [-0.05, 0) is 6.07 Å². The normalized spacial score (nSPS) is 10.4. The minimum Gasteiger partial charge on any atom is -0.478 e. The van der Waals surface area contributed by atoms with Crippen molar-refractivity contribution in [3.63, 3.8) is 0 Å². The lowest BCUT2D eigenvalue weighted by Gasteiger charge is -2.04. The van der Waals surface area contributed by atoms with E-state index in [1.54, 1.807) is 0 Å². The molecule has 0 atom stereocenters. The molecule has 0 spiro atoms. The number of rotatable bonds is 3. The van der Waals surface area contributed by atoms with Gasteiger partial charge in [0.15, 0.2) is 0 Å². The topological polar surface area (TPSA) is 102 Å². The highest BCUT2D eigenvalue weighted by Crippen LogP contribution is 2.23. The van der Waals surface area contributed by atoms with Gasteiger partial charge in [-0.3, -0.25) is 0 Å². The molecule has 0 aromatic carbocycles. The molecule has 0 saturated carbocycles. The molecule has 7 heteroatoms. The molecule has 2 aromatic heterocycles. The number of carbonyl (C=O) groups is 1. The number of halogens is 1.